The van der Waals surface area contributed by atoms with E-state index in [1.807, 2.05) is 60.5 Å². The molecule has 0 aliphatic carbocycles. The van der Waals surface area contributed by atoms with Gasteiger partial charge in [0.25, 0.3) is 0 Å². The first-order valence-corrected chi connectivity index (χ1v) is 12.1. The van der Waals surface area contributed by atoms with Crippen LogP contribution < -0.4 is 4.90 Å². The molecular formula is C28H20Cl2N2O3. The zero-order chi connectivity index (χ0) is 24.4. The summed E-state index contributed by atoms with van der Waals surface area (Å²) in [4.78, 5) is 44.8. The highest BCUT2D eigenvalue weighted by Gasteiger charge is 2.64. The largest absolute Gasteiger partial charge is 0.358 e. The summed E-state index contributed by atoms with van der Waals surface area (Å²) in [6, 6.07) is 18.4. The van der Waals surface area contributed by atoms with Crippen LogP contribution in [0.25, 0.3) is 6.08 Å². The molecule has 0 bridgehead atoms. The minimum Gasteiger partial charge on any atom is -0.358 e. The van der Waals surface area contributed by atoms with Crippen LogP contribution in [0.1, 0.15) is 33.1 Å². The Balaban J connectivity index is 1.50. The maximum absolute atomic E-state index is 13.9. The van der Waals surface area contributed by atoms with Crippen molar-refractivity contribution in [2.24, 2.45) is 11.8 Å². The zero-order valence-electron chi connectivity index (χ0n) is 18.7. The molecule has 3 aromatic carbocycles. The van der Waals surface area contributed by atoms with Crippen LogP contribution in [0.15, 0.2) is 72.9 Å². The first-order chi connectivity index (χ1) is 16.9. The summed E-state index contributed by atoms with van der Waals surface area (Å²) in [5, 5.41) is 0.634. The Hall–Kier alpha value is -3.41. The summed E-state index contributed by atoms with van der Waals surface area (Å²) < 4.78 is 0. The normalized spacial score (nSPS) is 24.4. The fraction of sp³-hybridized carbons (Fsp3) is 0.179. The molecule has 3 aromatic rings. The molecule has 3 aliphatic rings. The van der Waals surface area contributed by atoms with Gasteiger partial charge in [-0.1, -0.05) is 65.2 Å². The van der Waals surface area contributed by atoms with Gasteiger partial charge in [0.2, 0.25) is 11.8 Å². The molecule has 0 radical (unpaired) electrons. The van der Waals surface area contributed by atoms with E-state index in [-0.39, 0.29) is 28.2 Å². The maximum Gasteiger partial charge on any atom is 0.240 e. The maximum atomic E-state index is 13.9. The number of rotatable bonds is 3. The van der Waals surface area contributed by atoms with Gasteiger partial charge < -0.3 is 4.90 Å². The molecule has 35 heavy (non-hydrogen) atoms. The van der Waals surface area contributed by atoms with Crippen molar-refractivity contribution in [1.82, 2.24) is 4.90 Å². The first-order valence-electron chi connectivity index (χ1n) is 11.3. The van der Waals surface area contributed by atoms with E-state index in [2.05, 4.69) is 0 Å². The van der Waals surface area contributed by atoms with Gasteiger partial charge >= 0.3 is 0 Å². The van der Waals surface area contributed by atoms with Crippen LogP contribution in [0, 0.1) is 18.8 Å². The Morgan fingerprint density at radius 3 is 2.34 bits per heavy atom. The summed E-state index contributed by atoms with van der Waals surface area (Å²) in [6.07, 6.45) is 3.75. The molecule has 2 amide bonds. The monoisotopic (exact) mass is 502 g/mol. The average Bonchev–Trinajstić information content (AvgIpc) is 3.32. The minimum absolute atomic E-state index is 0.219. The van der Waals surface area contributed by atoms with E-state index in [1.54, 1.807) is 24.3 Å². The molecule has 3 aliphatic heterocycles. The van der Waals surface area contributed by atoms with E-state index in [4.69, 9.17) is 23.2 Å². The van der Waals surface area contributed by atoms with E-state index in [9.17, 15) is 14.4 Å². The van der Waals surface area contributed by atoms with Crippen molar-refractivity contribution in [2.75, 3.05) is 4.90 Å². The molecular weight excluding hydrogens is 483 g/mol. The number of hydrogen-bond donors (Lipinski definition) is 0. The summed E-state index contributed by atoms with van der Waals surface area (Å²) in [6.45, 7) is 1.94. The van der Waals surface area contributed by atoms with Crippen molar-refractivity contribution in [2.45, 2.75) is 19.0 Å². The number of carbonyl (C=O) groups excluding carboxylic acids is 3. The van der Waals surface area contributed by atoms with Gasteiger partial charge in [-0.3, -0.25) is 14.4 Å². The summed E-state index contributed by atoms with van der Waals surface area (Å²) in [5.41, 5.74) is 3.72. The van der Waals surface area contributed by atoms with Crippen molar-refractivity contribution >= 4 is 52.6 Å². The molecule has 3 heterocycles. The number of hydrogen-bond acceptors (Lipinski definition) is 4. The molecule has 2 fully saturated rings. The molecule has 2 saturated heterocycles. The molecule has 0 unspecified atom stereocenters. The second-order valence-corrected chi connectivity index (χ2v) is 10.0. The molecule has 7 heteroatoms. The Labute approximate surface area is 212 Å². The van der Waals surface area contributed by atoms with E-state index in [1.165, 1.54) is 11.0 Å². The van der Waals surface area contributed by atoms with Crippen LogP contribution in [0.4, 0.5) is 5.69 Å². The number of carbonyl (C=O) groups is 3. The van der Waals surface area contributed by atoms with E-state index < -0.39 is 23.9 Å². The highest BCUT2D eigenvalue weighted by molar-refractivity contribution is 6.37. The van der Waals surface area contributed by atoms with Crippen LogP contribution in [0.3, 0.4) is 0 Å². The molecule has 0 spiro atoms. The summed E-state index contributed by atoms with van der Waals surface area (Å²) >= 11 is 12.5. The van der Waals surface area contributed by atoms with Crippen LogP contribution >= 0.6 is 23.2 Å². The van der Waals surface area contributed by atoms with Crippen molar-refractivity contribution in [1.29, 1.82) is 0 Å². The van der Waals surface area contributed by atoms with Crippen molar-refractivity contribution in [3.63, 3.8) is 0 Å². The lowest BCUT2D eigenvalue weighted by atomic mass is 9.83. The minimum atomic E-state index is -0.875. The summed E-state index contributed by atoms with van der Waals surface area (Å²) in [5.74, 6) is -2.51. The van der Waals surface area contributed by atoms with Crippen molar-refractivity contribution < 1.29 is 14.4 Å². The number of amides is 2. The third-order valence-corrected chi connectivity index (χ3v) is 7.77. The lowest BCUT2D eigenvalue weighted by Crippen LogP contribution is -2.44. The molecule has 5 nitrogen and oxygen atoms in total. The smallest absolute Gasteiger partial charge is 0.240 e. The second kappa shape index (κ2) is 8.08. The number of imide groups is 1. The van der Waals surface area contributed by atoms with E-state index in [0.717, 1.165) is 16.7 Å². The average molecular weight is 503 g/mol. The Bertz CT molecular complexity index is 1430. The fourth-order valence-corrected chi connectivity index (χ4v) is 6.16. The number of benzene rings is 3. The fourth-order valence-electron chi connectivity index (χ4n) is 5.65. The van der Waals surface area contributed by atoms with Gasteiger partial charge in [-0.05, 0) is 54.5 Å². The zero-order valence-corrected chi connectivity index (χ0v) is 20.2. The number of fused-ring (bicyclic) bond motifs is 5. The molecule has 0 saturated carbocycles. The van der Waals surface area contributed by atoms with Gasteiger partial charge in [0.15, 0.2) is 5.78 Å². The number of anilines is 1. The van der Waals surface area contributed by atoms with Crippen LogP contribution in [-0.4, -0.2) is 28.5 Å². The standard InChI is InChI=1S/C28H20Cl2N2O3/c1-15-6-9-18(10-7-15)32-27(34)22-23(28(32)35)25(26(33)20-11-8-17(29)14-21(20)30)31-13-12-16-4-2-3-5-19(16)24(22)31/h2-14,22-25H,1H3/t22-,23+,24+,25+/m0/s1. The van der Waals surface area contributed by atoms with Gasteiger partial charge in [-0.25, -0.2) is 4.90 Å². The highest BCUT2D eigenvalue weighted by Crippen LogP contribution is 2.53. The molecule has 0 N–H and O–H groups in total. The second-order valence-electron chi connectivity index (χ2n) is 9.17. The SMILES string of the molecule is Cc1ccc(N2C(=O)[C@@H]3[C@H](C2=O)[C@H]2c4ccccc4C=CN2[C@H]3C(=O)c2ccc(Cl)cc2Cl)cc1. The third kappa shape index (κ3) is 3.26. The van der Waals surface area contributed by atoms with Crippen LogP contribution in [0.5, 0.6) is 0 Å². The molecule has 0 aromatic heterocycles. The molecule has 6 rings (SSSR count). The first kappa shape index (κ1) is 22.1. The van der Waals surface area contributed by atoms with Gasteiger partial charge in [-0.15, -0.1) is 0 Å². The van der Waals surface area contributed by atoms with Crippen LogP contribution in [-0.2, 0) is 9.59 Å². The lowest BCUT2D eigenvalue weighted by Gasteiger charge is -2.35. The van der Waals surface area contributed by atoms with Gasteiger partial charge in [0.1, 0.15) is 6.04 Å². The number of ketones is 1. The quantitative estimate of drug-likeness (QED) is 0.340. The molecule has 4 atom stereocenters. The lowest BCUT2D eigenvalue weighted by molar-refractivity contribution is -0.123. The number of nitrogens with zero attached hydrogens (tertiary/aromatic N) is 2. The Morgan fingerprint density at radius 1 is 0.886 bits per heavy atom. The number of aryl methyl sites for hydroxylation is 1. The van der Waals surface area contributed by atoms with E-state index in [0.29, 0.717) is 10.7 Å². The third-order valence-electron chi connectivity index (χ3n) is 7.22. The Morgan fingerprint density at radius 2 is 1.60 bits per heavy atom. The predicted molar refractivity (Wildman–Crippen MR) is 135 cm³/mol. The topological polar surface area (TPSA) is 57.7 Å². The molecule has 174 valence electrons. The van der Waals surface area contributed by atoms with Crippen LogP contribution in [0.2, 0.25) is 10.0 Å². The van der Waals surface area contributed by atoms with E-state index >= 15 is 0 Å². The van der Waals surface area contributed by atoms with Crippen molar-refractivity contribution in [3.8, 4) is 0 Å². The van der Waals surface area contributed by atoms with Gasteiger partial charge in [0.05, 0.1) is 28.6 Å². The van der Waals surface area contributed by atoms with Gasteiger partial charge in [-0.2, -0.15) is 0 Å². The highest BCUT2D eigenvalue weighted by atomic mass is 35.5. The van der Waals surface area contributed by atoms with Gasteiger partial charge in [0, 0.05) is 16.8 Å². The van der Waals surface area contributed by atoms with Crippen molar-refractivity contribution in [3.05, 3.63) is 105 Å². The Kier molecular flexibility index (Phi) is 5.09. The number of Topliss-reactive ketones (excluding diaryl/α,β-unsaturated/α-hetero) is 1. The number of halogens is 2. The predicted octanol–water partition coefficient (Wildman–Crippen LogP) is 5.70. The summed E-state index contributed by atoms with van der Waals surface area (Å²) in [7, 11) is 0.